The van der Waals surface area contributed by atoms with Gasteiger partial charge in [0.05, 0.1) is 13.2 Å². The molecule has 0 aromatic rings. The summed E-state index contributed by atoms with van der Waals surface area (Å²) in [5.41, 5.74) is 0. The number of phosphoric acid groups is 1. The zero-order valence-corrected chi connectivity index (χ0v) is 35.4. The van der Waals surface area contributed by atoms with E-state index >= 15 is 0 Å². The molecule has 0 fully saturated rings. The van der Waals surface area contributed by atoms with Crippen LogP contribution in [0.4, 0.5) is 0 Å². The largest absolute Gasteiger partial charge is 0.480 e. The van der Waals surface area contributed by atoms with Gasteiger partial charge in [-0.25, -0.2) is 9.36 Å². The highest BCUT2D eigenvalue weighted by molar-refractivity contribution is 7.47. The predicted molar refractivity (Wildman–Crippen MR) is 222 cm³/mol. The van der Waals surface area contributed by atoms with Crippen LogP contribution in [0.3, 0.4) is 0 Å². The zero-order chi connectivity index (χ0) is 40.7. The average Bonchev–Trinajstić information content (AvgIpc) is 3.16. The highest BCUT2D eigenvalue weighted by atomic mass is 31.2. The van der Waals surface area contributed by atoms with Crippen LogP contribution in [0.1, 0.15) is 187 Å². The maximum atomic E-state index is 12.3. The average molecular weight is 800 g/mol. The number of rotatable bonds is 40. The first-order valence-corrected chi connectivity index (χ1v) is 23.0. The number of aliphatic hydroxyl groups excluding tert-OH is 1. The second-order valence-electron chi connectivity index (χ2n) is 14.5. The lowest BCUT2D eigenvalue weighted by molar-refractivity contribution is -0.147. The zero-order valence-electron chi connectivity index (χ0n) is 34.5. The summed E-state index contributed by atoms with van der Waals surface area (Å²) in [6.07, 6.45) is 40.2. The fourth-order valence-corrected chi connectivity index (χ4v) is 6.52. The van der Waals surface area contributed by atoms with Gasteiger partial charge in [0.1, 0.15) is 12.7 Å². The Hall–Kier alpha value is -2.30. The number of hydrogen-bond acceptors (Lipinski definition) is 8. The molecular formula is C43H78NO10P. The van der Waals surface area contributed by atoms with Gasteiger partial charge >= 0.3 is 19.8 Å². The summed E-state index contributed by atoms with van der Waals surface area (Å²) in [7, 11) is -4.76. The van der Waals surface area contributed by atoms with Gasteiger partial charge in [-0.1, -0.05) is 140 Å². The summed E-state index contributed by atoms with van der Waals surface area (Å²) in [6.45, 7) is 2.54. The molecule has 0 aromatic heterocycles. The van der Waals surface area contributed by atoms with E-state index in [-0.39, 0.29) is 12.8 Å². The number of unbranched alkanes of at least 4 members (excludes halogenated alkanes) is 20. The molecule has 4 N–H and O–H groups in total. The Labute approximate surface area is 333 Å². The standard InChI is InChI=1S/C43H78NO10P/c1-3-5-7-9-11-13-15-17-19-20-21-23-25-27-29-31-33-35-42(47)52-36-39(45)37-53-55(50,51)54-38-40(43(48)49)44-41(46)34-32-30-28-26-24-22-18-16-14-12-10-8-6-4-2/h11,13,16-19,39-40,45H,3-10,12,14-15,20-38H2,1-2H3,(H,44,46)(H,48,49)(H,50,51)/b13-11-,18-16-,19-17-. The number of ether oxygens (including phenoxy) is 1. The van der Waals surface area contributed by atoms with E-state index in [4.69, 9.17) is 13.8 Å². The Kier molecular flexibility index (Phi) is 37.0. The van der Waals surface area contributed by atoms with Gasteiger partial charge in [-0.15, -0.1) is 0 Å². The van der Waals surface area contributed by atoms with Crippen molar-refractivity contribution in [3.63, 3.8) is 0 Å². The second kappa shape index (κ2) is 38.6. The molecule has 0 radical (unpaired) electrons. The first kappa shape index (κ1) is 52.7. The number of amides is 1. The lowest BCUT2D eigenvalue weighted by Crippen LogP contribution is -2.43. The van der Waals surface area contributed by atoms with E-state index in [2.05, 4.69) is 55.6 Å². The number of carboxylic acid groups (broad SMARTS) is 1. The third kappa shape index (κ3) is 38.4. The van der Waals surface area contributed by atoms with Crippen LogP contribution in [0.25, 0.3) is 0 Å². The SMILES string of the molecule is CCCCC/C=C\C/C=C\CCCCCCCCCC(=O)OCC(O)COP(=O)(O)OCC(NC(=O)CCCCCCC/C=C\CCCCCCC)C(=O)O. The Bertz CT molecular complexity index is 1080. The van der Waals surface area contributed by atoms with Gasteiger partial charge in [0.2, 0.25) is 5.91 Å². The van der Waals surface area contributed by atoms with E-state index in [0.717, 1.165) is 70.6 Å². The normalized spacial score (nSPS) is 14.1. The molecule has 0 rings (SSSR count). The van der Waals surface area contributed by atoms with Crippen LogP contribution in [-0.2, 0) is 32.7 Å². The van der Waals surface area contributed by atoms with E-state index in [1.807, 2.05) is 0 Å². The van der Waals surface area contributed by atoms with Crippen LogP contribution in [-0.4, -0.2) is 64.9 Å². The fourth-order valence-electron chi connectivity index (χ4n) is 5.75. The first-order chi connectivity index (χ1) is 26.6. The van der Waals surface area contributed by atoms with Gasteiger partial charge in [0.25, 0.3) is 0 Å². The number of carboxylic acids is 1. The maximum absolute atomic E-state index is 12.3. The molecule has 55 heavy (non-hydrogen) atoms. The molecule has 0 spiro atoms. The van der Waals surface area contributed by atoms with Crippen molar-refractivity contribution >= 4 is 25.7 Å². The molecule has 0 saturated carbocycles. The summed E-state index contributed by atoms with van der Waals surface area (Å²) in [4.78, 5) is 45.8. The molecule has 0 aliphatic rings. The molecule has 12 heteroatoms. The summed E-state index contributed by atoms with van der Waals surface area (Å²) in [5, 5.41) is 21.8. The summed E-state index contributed by atoms with van der Waals surface area (Å²) >= 11 is 0. The van der Waals surface area contributed by atoms with Crippen molar-refractivity contribution in [3.05, 3.63) is 36.5 Å². The van der Waals surface area contributed by atoms with Gasteiger partial charge in [0.15, 0.2) is 6.04 Å². The Morgan fingerprint density at radius 1 is 0.582 bits per heavy atom. The molecular weight excluding hydrogens is 721 g/mol. The summed E-state index contributed by atoms with van der Waals surface area (Å²) < 4.78 is 26.8. The van der Waals surface area contributed by atoms with Crippen molar-refractivity contribution < 1.29 is 47.8 Å². The lowest BCUT2D eigenvalue weighted by atomic mass is 10.1. The van der Waals surface area contributed by atoms with Crippen molar-refractivity contribution in [1.29, 1.82) is 0 Å². The molecule has 0 heterocycles. The quantitative estimate of drug-likeness (QED) is 0.0202. The van der Waals surface area contributed by atoms with Crippen molar-refractivity contribution in [2.24, 2.45) is 0 Å². The lowest BCUT2D eigenvalue weighted by Gasteiger charge is -2.18. The second-order valence-corrected chi connectivity index (χ2v) is 16.0. The number of aliphatic hydroxyl groups is 1. The molecule has 0 aliphatic carbocycles. The number of allylic oxidation sites excluding steroid dienone is 6. The molecule has 0 aromatic carbocycles. The van der Waals surface area contributed by atoms with Gasteiger partial charge in [-0.2, -0.15) is 0 Å². The van der Waals surface area contributed by atoms with Crippen LogP contribution >= 0.6 is 7.82 Å². The van der Waals surface area contributed by atoms with Crippen molar-refractivity contribution in [3.8, 4) is 0 Å². The van der Waals surface area contributed by atoms with Crippen LogP contribution in [0.5, 0.6) is 0 Å². The molecule has 3 atom stereocenters. The van der Waals surface area contributed by atoms with Crippen LogP contribution in [0.15, 0.2) is 36.5 Å². The summed E-state index contributed by atoms with van der Waals surface area (Å²) in [6, 6.07) is -1.55. The van der Waals surface area contributed by atoms with Gasteiger partial charge in [-0.3, -0.25) is 18.6 Å². The highest BCUT2D eigenvalue weighted by Gasteiger charge is 2.28. The van der Waals surface area contributed by atoms with Crippen molar-refractivity contribution in [2.75, 3.05) is 19.8 Å². The molecule has 3 unspecified atom stereocenters. The monoisotopic (exact) mass is 800 g/mol. The predicted octanol–water partition coefficient (Wildman–Crippen LogP) is 10.8. The number of aliphatic carboxylic acids is 1. The van der Waals surface area contributed by atoms with E-state index in [9.17, 15) is 34.1 Å². The van der Waals surface area contributed by atoms with Gasteiger partial charge in [-0.05, 0) is 70.6 Å². The molecule has 0 bridgehead atoms. The smallest absolute Gasteiger partial charge is 0.472 e. The summed E-state index contributed by atoms with van der Waals surface area (Å²) in [5.74, 6) is -2.39. The number of carbonyl (C=O) groups excluding carboxylic acids is 2. The van der Waals surface area contributed by atoms with E-state index in [1.165, 1.54) is 77.0 Å². The number of phosphoric ester groups is 1. The number of hydrogen-bond donors (Lipinski definition) is 4. The van der Waals surface area contributed by atoms with Crippen LogP contribution < -0.4 is 5.32 Å². The van der Waals surface area contributed by atoms with Crippen LogP contribution in [0, 0.1) is 0 Å². The fraction of sp³-hybridized carbons (Fsp3) is 0.791. The number of esters is 1. The van der Waals surface area contributed by atoms with Crippen molar-refractivity contribution in [1.82, 2.24) is 5.32 Å². The Morgan fingerprint density at radius 2 is 1.00 bits per heavy atom. The Balaban J connectivity index is 3.92. The van der Waals surface area contributed by atoms with Gasteiger partial charge in [0, 0.05) is 12.8 Å². The van der Waals surface area contributed by atoms with Crippen LogP contribution in [0.2, 0.25) is 0 Å². The molecule has 320 valence electrons. The molecule has 1 amide bonds. The van der Waals surface area contributed by atoms with Crippen molar-refractivity contribution in [2.45, 2.75) is 199 Å². The van der Waals surface area contributed by atoms with E-state index in [1.54, 1.807) is 0 Å². The third-order valence-electron chi connectivity index (χ3n) is 9.15. The topological polar surface area (TPSA) is 169 Å². The minimum Gasteiger partial charge on any atom is -0.480 e. The van der Waals surface area contributed by atoms with E-state index in [0.29, 0.717) is 12.8 Å². The van der Waals surface area contributed by atoms with E-state index < -0.39 is 57.6 Å². The molecule has 0 aliphatic heterocycles. The Morgan fingerprint density at radius 3 is 1.53 bits per heavy atom. The maximum Gasteiger partial charge on any atom is 0.472 e. The van der Waals surface area contributed by atoms with Gasteiger partial charge < -0.3 is 25.2 Å². The third-order valence-corrected chi connectivity index (χ3v) is 10.1. The highest BCUT2D eigenvalue weighted by Crippen LogP contribution is 2.43. The molecule has 0 saturated heterocycles. The minimum absolute atomic E-state index is 0.135. The minimum atomic E-state index is -4.76. The first-order valence-electron chi connectivity index (χ1n) is 21.5. The number of nitrogens with one attached hydrogen (secondary N) is 1. The number of carbonyl (C=O) groups is 3. The molecule has 11 nitrogen and oxygen atoms in total.